The fourth-order valence-electron chi connectivity index (χ4n) is 9.74. The number of rotatable bonds is 6. The molecule has 0 radical (unpaired) electrons. The Hall–Kier alpha value is -0.340. The van der Waals surface area contributed by atoms with Crippen LogP contribution in [0.4, 0.5) is 0 Å². The van der Waals surface area contributed by atoms with Crippen LogP contribution in [0.25, 0.3) is 0 Å². The molecule has 0 saturated heterocycles. The van der Waals surface area contributed by atoms with Gasteiger partial charge in [-0.05, 0) is 137 Å². The zero-order valence-electron chi connectivity index (χ0n) is 22.9. The van der Waals surface area contributed by atoms with Crippen molar-refractivity contribution < 1.29 is 10.2 Å². The molecule has 2 N–H and O–H groups in total. The van der Waals surface area contributed by atoms with Gasteiger partial charge in [0.15, 0.2) is 0 Å². The predicted molar refractivity (Wildman–Crippen MR) is 141 cm³/mol. The average Bonchev–Trinajstić information content (AvgIpc) is 3.15. The van der Waals surface area contributed by atoms with E-state index in [0.29, 0.717) is 10.8 Å². The number of hydrogen-bond acceptors (Lipinski definition) is 2. The van der Waals surface area contributed by atoms with Crippen LogP contribution in [0.15, 0.2) is 11.6 Å². The van der Waals surface area contributed by atoms with Crippen molar-refractivity contribution in [1.29, 1.82) is 0 Å². The summed E-state index contributed by atoms with van der Waals surface area (Å²) in [6.07, 6.45) is 23.1. The van der Waals surface area contributed by atoms with E-state index in [1.54, 1.807) is 5.57 Å². The van der Waals surface area contributed by atoms with Crippen molar-refractivity contribution in [2.24, 2.45) is 40.4 Å². The van der Waals surface area contributed by atoms with Crippen LogP contribution in [0.3, 0.4) is 0 Å². The zero-order valence-corrected chi connectivity index (χ0v) is 22.9. The molecule has 5 aliphatic carbocycles. The van der Waals surface area contributed by atoms with E-state index in [4.69, 9.17) is 0 Å². The molecule has 0 unspecified atom stereocenters. The first-order valence-corrected chi connectivity index (χ1v) is 15.2. The summed E-state index contributed by atoms with van der Waals surface area (Å²) in [4.78, 5) is 0. The van der Waals surface area contributed by atoms with Crippen molar-refractivity contribution in [3.8, 4) is 0 Å². The molecule has 34 heavy (non-hydrogen) atoms. The molecule has 0 amide bonds. The van der Waals surface area contributed by atoms with Gasteiger partial charge < -0.3 is 10.2 Å². The van der Waals surface area contributed by atoms with Crippen LogP contribution in [0.2, 0.25) is 0 Å². The SMILES string of the molecule is CC[C@]1(O)CC[C@H]2C(=CC[C@@H]3[C@@H]2CC[C@]2(C)[C@@H](CCCCC4(O)CCC(C)(C)CC4)CC[C@@H]32)C1. The Morgan fingerprint density at radius 3 is 2.32 bits per heavy atom. The maximum atomic E-state index is 11.1. The molecule has 0 spiro atoms. The molecular weight excluding hydrogens is 416 g/mol. The molecule has 0 aliphatic heterocycles. The van der Waals surface area contributed by atoms with Gasteiger partial charge in [-0.3, -0.25) is 0 Å². The summed E-state index contributed by atoms with van der Waals surface area (Å²) in [6, 6.07) is 0. The van der Waals surface area contributed by atoms with E-state index in [0.717, 1.165) is 68.1 Å². The largest absolute Gasteiger partial charge is 0.390 e. The quantitative estimate of drug-likeness (QED) is 0.303. The minimum Gasteiger partial charge on any atom is -0.390 e. The normalized spacial score (nSPS) is 45.1. The van der Waals surface area contributed by atoms with Crippen LogP contribution in [0.1, 0.15) is 137 Å². The number of aliphatic hydroxyl groups is 2. The molecule has 7 atom stereocenters. The summed E-state index contributed by atoms with van der Waals surface area (Å²) in [5, 5.41) is 22.0. The van der Waals surface area contributed by atoms with E-state index in [-0.39, 0.29) is 5.60 Å². The predicted octanol–water partition coefficient (Wildman–Crippen LogP) is 8.21. The van der Waals surface area contributed by atoms with Gasteiger partial charge in [-0.2, -0.15) is 0 Å². The first-order valence-electron chi connectivity index (χ1n) is 15.2. The third kappa shape index (κ3) is 4.69. The van der Waals surface area contributed by atoms with Crippen LogP contribution < -0.4 is 0 Å². The molecule has 0 aromatic heterocycles. The molecule has 0 bridgehead atoms. The smallest absolute Gasteiger partial charge is 0.0682 e. The van der Waals surface area contributed by atoms with Gasteiger partial charge in [-0.1, -0.05) is 52.2 Å². The Bertz CT molecular complexity index is 757. The lowest BCUT2D eigenvalue weighted by atomic mass is 9.51. The topological polar surface area (TPSA) is 40.5 Å². The summed E-state index contributed by atoms with van der Waals surface area (Å²) in [5.74, 6) is 4.39. The van der Waals surface area contributed by atoms with Crippen molar-refractivity contribution in [3.05, 3.63) is 11.6 Å². The standard InChI is InChI=1S/C32H54O2/c1-5-31(33)17-14-25-23(22-31)9-11-27-26(25)13-16-30(4)24(10-12-28(27)30)8-6-7-15-32(34)20-18-29(2,3)19-21-32/h9,24-28,33-34H,5-8,10-22H2,1-4H3/t24-,25-,26+,27+,28-,30+,31-/m0/s1. The van der Waals surface area contributed by atoms with Crippen LogP contribution in [0, 0.1) is 40.4 Å². The maximum Gasteiger partial charge on any atom is 0.0682 e. The van der Waals surface area contributed by atoms with Gasteiger partial charge in [0.1, 0.15) is 0 Å². The highest BCUT2D eigenvalue weighted by Crippen LogP contribution is 2.64. The number of hydrogen-bond donors (Lipinski definition) is 2. The van der Waals surface area contributed by atoms with E-state index in [2.05, 4.69) is 33.8 Å². The molecule has 4 saturated carbocycles. The highest BCUT2D eigenvalue weighted by atomic mass is 16.3. The lowest BCUT2D eigenvalue weighted by Crippen LogP contribution is -2.47. The Morgan fingerprint density at radius 2 is 1.59 bits per heavy atom. The van der Waals surface area contributed by atoms with E-state index >= 15 is 0 Å². The Morgan fingerprint density at radius 1 is 0.824 bits per heavy atom. The third-order valence-corrected chi connectivity index (χ3v) is 12.4. The fraction of sp³-hybridized carbons (Fsp3) is 0.938. The molecule has 5 rings (SSSR count). The van der Waals surface area contributed by atoms with E-state index in [9.17, 15) is 10.2 Å². The second-order valence-electron chi connectivity index (χ2n) is 14.8. The van der Waals surface area contributed by atoms with E-state index in [1.165, 1.54) is 70.6 Å². The molecule has 2 heteroatoms. The molecule has 4 fully saturated rings. The van der Waals surface area contributed by atoms with Crippen LogP contribution in [0.5, 0.6) is 0 Å². The van der Waals surface area contributed by atoms with Gasteiger partial charge in [-0.15, -0.1) is 0 Å². The van der Waals surface area contributed by atoms with Crippen molar-refractivity contribution in [2.45, 2.75) is 148 Å². The van der Waals surface area contributed by atoms with Crippen molar-refractivity contribution >= 4 is 0 Å². The van der Waals surface area contributed by atoms with Gasteiger partial charge >= 0.3 is 0 Å². The first-order chi connectivity index (χ1) is 16.1. The molecular formula is C32H54O2. The van der Waals surface area contributed by atoms with Crippen molar-refractivity contribution in [2.75, 3.05) is 0 Å². The van der Waals surface area contributed by atoms with Crippen LogP contribution in [-0.2, 0) is 0 Å². The highest BCUT2D eigenvalue weighted by Gasteiger charge is 2.56. The second-order valence-corrected chi connectivity index (χ2v) is 14.8. The van der Waals surface area contributed by atoms with Crippen molar-refractivity contribution in [3.63, 3.8) is 0 Å². The molecule has 0 heterocycles. The highest BCUT2D eigenvalue weighted by molar-refractivity contribution is 5.22. The fourth-order valence-corrected chi connectivity index (χ4v) is 9.74. The van der Waals surface area contributed by atoms with Gasteiger partial charge in [0.2, 0.25) is 0 Å². The lowest BCUT2D eigenvalue weighted by molar-refractivity contribution is -0.0424. The van der Waals surface area contributed by atoms with E-state index in [1.807, 2.05) is 0 Å². The van der Waals surface area contributed by atoms with Gasteiger partial charge in [0.05, 0.1) is 11.2 Å². The minimum absolute atomic E-state index is 0.369. The number of allylic oxidation sites excluding steroid dienone is 1. The third-order valence-electron chi connectivity index (χ3n) is 12.4. The van der Waals surface area contributed by atoms with Crippen LogP contribution in [-0.4, -0.2) is 21.4 Å². The molecule has 0 aromatic rings. The average molecular weight is 471 g/mol. The molecule has 0 aromatic carbocycles. The van der Waals surface area contributed by atoms with Crippen molar-refractivity contribution in [1.82, 2.24) is 0 Å². The van der Waals surface area contributed by atoms with Crippen LogP contribution >= 0.6 is 0 Å². The summed E-state index contributed by atoms with van der Waals surface area (Å²) >= 11 is 0. The number of unbranched alkanes of at least 4 members (excludes halogenated alkanes) is 1. The van der Waals surface area contributed by atoms with Gasteiger partial charge in [0, 0.05) is 0 Å². The minimum atomic E-state index is -0.419. The van der Waals surface area contributed by atoms with Gasteiger partial charge in [-0.25, -0.2) is 0 Å². The summed E-state index contributed by atoms with van der Waals surface area (Å²) < 4.78 is 0. The summed E-state index contributed by atoms with van der Waals surface area (Å²) in [7, 11) is 0. The first kappa shape index (κ1) is 25.3. The summed E-state index contributed by atoms with van der Waals surface area (Å²) in [6.45, 7) is 9.55. The Kier molecular flexibility index (Phi) is 6.85. The zero-order chi connectivity index (χ0) is 24.2. The Balaban J connectivity index is 1.15. The molecule has 194 valence electrons. The van der Waals surface area contributed by atoms with E-state index < -0.39 is 5.60 Å². The number of fused-ring (bicyclic) bond motifs is 5. The molecule has 2 nitrogen and oxygen atoms in total. The monoisotopic (exact) mass is 470 g/mol. The maximum absolute atomic E-state index is 11.1. The second kappa shape index (κ2) is 9.20. The Labute approximate surface area is 210 Å². The molecule has 5 aliphatic rings. The van der Waals surface area contributed by atoms with Gasteiger partial charge in [0.25, 0.3) is 0 Å². The summed E-state index contributed by atoms with van der Waals surface area (Å²) in [5.41, 5.74) is 1.82. The lowest BCUT2D eigenvalue weighted by Gasteiger charge is -2.54.